The molecule has 0 aliphatic heterocycles. The lowest BCUT2D eigenvalue weighted by atomic mass is 9.88. The molecule has 0 saturated carbocycles. The molecule has 0 heterocycles. The number of benzene rings is 3. The number of hydrogen-bond donors (Lipinski definition) is 1. The molecule has 2 N–H and O–H groups in total. The fourth-order valence-electron chi connectivity index (χ4n) is 3.39. The standard InChI is InChI=1S/C24H23ClFNO3/c1-29-11-12-30-22-10-8-18(15-28)23(24(22)26)19-13-17(7-9-21(19)25)20(14-27)16-5-3-2-4-6-16/h2-10,13,15,20H,11-12,14,27H2,1H3. The zero-order valence-corrected chi connectivity index (χ0v) is 17.4. The maximum absolute atomic E-state index is 15.3. The minimum atomic E-state index is -0.640. The van der Waals surface area contributed by atoms with Crippen molar-refractivity contribution in [2.75, 3.05) is 26.9 Å². The topological polar surface area (TPSA) is 61.5 Å². The molecule has 0 spiro atoms. The normalized spacial score (nSPS) is 11.9. The maximum Gasteiger partial charge on any atom is 0.173 e. The highest BCUT2D eigenvalue weighted by molar-refractivity contribution is 6.33. The summed E-state index contributed by atoms with van der Waals surface area (Å²) in [5.41, 5.74) is 8.68. The van der Waals surface area contributed by atoms with Crippen LogP contribution >= 0.6 is 11.6 Å². The average molecular weight is 428 g/mol. The van der Waals surface area contributed by atoms with Crippen LogP contribution in [0.4, 0.5) is 4.39 Å². The van der Waals surface area contributed by atoms with Crippen LogP contribution < -0.4 is 10.5 Å². The number of halogens is 2. The van der Waals surface area contributed by atoms with Crippen molar-refractivity contribution in [3.8, 4) is 16.9 Å². The summed E-state index contributed by atoms with van der Waals surface area (Å²) < 4.78 is 25.8. The summed E-state index contributed by atoms with van der Waals surface area (Å²) in [5, 5.41) is 0.332. The Labute approximate surface area is 180 Å². The van der Waals surface area contributed by atoms with Crippen LogP contribution in [0.15, 0.2) is 60.7 Å². The summed E-state index contributed by atoms with van der Waals surface area (Å²) in [6.07, 6.45) is 0.609. The van der Waals surface area contributed by atoms with E-state index in [0.29, 0.717) is 30.0 Å². The molecule has 0 bridgehead atoms. The van der Waals surface area contributed by atoms with Crippen molar-refractivity contribution in [2.24, 2.45) is 5.73 Å². The minimum Gasteiger partial charge on any atom is -0.488 e. The molecule has 30 heavy (non-hydrogen) atoms. The van der Waals surface area contributed by atoms with Gasteiger partial charge in [0.2, 0.25) is 0 Å². The van der Waals surface area contributed by atoms with Crippen molar-refractivity contribution in [2.45, 2.75) is 5.92 Å². The van der Waals surface area contributed by atoms with Crippen LogP contribution in [0.25, 0.3) is 11.1 Å². The monoisotopic (exact) mass is 427 g/mol. The third-order valence-corrected chi connectivity index (χ3v) is 5.24. The van der Waals surface area contributed by atoms with Gasteiger partial charge in [0, 0.05) is 41.3 Å². The molecular weight excluding hydrogens is 405 g/mol. The van der Waals surface area contributed by atoms with Gasteiger partial charge in [0.25, 0.3) is 0 Å². The van der Waals surface area contributed by atoms with Crippen LogP contribution in [-0.4, -0.2) is 33.2 Å². The molecule has 0 aliphatic rings. The predicted molar refractivity (Wildman–Crippen MR) is 117 cm³/mol. The van der Waals surface area contributed by atoms with E-state index in [-0.39, 0.29) is 29.4 Å². The predicted octanol–water partition coefficient (Wildman–Crippen LogP) is 5.07. The van der Waals surface area contributed by atoms with Crippen molar-refractivity contribution in [3.05, 3.63) is 88.2 Å². The molecule has 3 aromatic carbocycles. The van der Waals surface area contributed by atoms with Gasteiger partial charge in [0.15, 0.2) is 17.9 Å². The highest BCUT2D eigenvalue weighted by Crippen LogP contribution is 2.38. The molecular formula is C24H23ClFNO3. The molecule has 4 nitrogen and oxygen atoms in total. The summed E-state index contributed by atoms with van der Waals surface area (Å²) in [5.74, 6) is -0.697. The molecule has 0 amide bonds. The van der Waals surface area contributed by atoms with Crippen LogP contribution in [0.5, 0.6) is 5.75 Å². The van der Waals surface area contributed by atoms with Gasteiger partial charge in [-0.2, -0.15) is 0 Å². The lowest BCUT2D eigenvalue weighted by molar-refractivity contribution is 0.112. The Balaban J connectivity index is 2.10. The molecule has 1 atom stereocenters. The van der Waals surface area contributed by atoms with Crippen LogP contribution in [0.3, 0.4) is 0 Å². The quantitative estimate of drug-likeness (QED) is 0.382. The smallest absolute Gasteiger partial charge is 0.173 e. The third-order valence-electron chi connectivity index (χ3n) is 4.91. The number of nitrogens with two attached hydrogens (primary N) is 1. The van der Waals surface area contributed by atoms with Gasteiger partial charge in [0.1, 0.15) is 6.61 Å². The molecule has 0 fully saturated rings. The summed E-state index contributed by atoms with van der Waals surface area (Å²) in [6.45, 7) is 0.869. The van der Waals surface area contributed by atoms with E-state index in [2.05, 4.69) is 0 Å². The fraction of sp³-hybridized carbons (Fsp3) is 0.208. The Morgan fingerprint density at radius 1 is 1.07 bits per heavy atom. The Morgan fingerprint density at radius 3 is 2.50 bits per heavy atom. The lowest BCUT2D eigenvalue weighted by Crippen LogP contribution is -2.14. The number of hydrogen-bond acceptors (Lipinski definition) is 4. The summed E-state index contributed by atoms with van der Waals surface area (Å²) >= 11 is 6.43. The molecule has 3 rings (SSSR count). The highest BCUT2D eigenvalue weighted by Gasteiger charge is 2.21. The minimum absolute atomic E-state index is 0.0348. The van der Waals surface area contributed by atoms with E-state index in [9.17, 15) is 4.79 Å². The van der Waals surface area contributed by atoms with Crippen LogP contribution in [-0.2, 0) is 4.74 Å². The molecule has 0 aliphatic carbocycles. The number of carbonyl (C=O) groups excluding carboxylic acids is 1. The number of methoxy groups -OCH3 is 1. The van der Waals surface area contributed by atoms with Crippen molar-refractivity contribution < 1.29 is 18.7 Å². The van der Waals surface area contributed by atoms with Crippen molar-refractivity contribution in [1.82, 2.24) is 0 Å². The Kier molecular flexibility index (Phi) is 7.57. The Hall–Kier alpha value is -2.73. The van der Waals surface area contributed by atoms with Crippen molar-refractivity contribution >= 4 is 17.9 Å². The van der Waals surface area contributed by atoms with E-state index < -0.39 is 5.82 Å². The molecule has 0 saturated heterocycles. The zero-order chi connectivity index (χ0) is 21.5. The number of aldehydes is 1. The molecule has 0 radical (unpaired) electrons. The maximum atomic E-state index is 15.3. The molecule has 1 unspecified atom stereocenters. The van der Waals surface area contributed by atoms with Gasteiger partial charge in [-0.05, 0) is 35.4 Å². The fourth-order valence-corrected chi connectivity index (χ4v) is 3.60. The molecule has 0 aromatic heterocycles. The third kappa shape index (κ3) is 4.70. The summed E-state index contributed by atoms with van der Waals surface area (Å²) in [7, 11) is 1.53. The van der Waals surface area contributed by atoms with E-state index in [4.69, 9.17) is 26.8 Å². The SMILES string of the molecule is COCCOc1ccc(C=O)c(-c2cc(C(CN)c3ccccc3)ccc2Cl)c1F. The van der Waals surface area contributed by atoms with E-state index in [1.54, 1.807) is 12.1 Å². The summed E-state index contributed by atoms with van der Waals surface area (Å²) in [4.78, 5) is 11.6. The van der Waals surface area contributed by atoms with Gasteiger partial charge >= 0.3 is 0 Å². The second-order valence-corrected chi connectivity index (χ2v) is 7.15. The lowest BCUT2D eigenvalue weighted by Gasteiger charge is -2.19. The number of carbonyl (C=O) groups is 1. The van der Waals surface area contributed by atoms with E-state index in [0.717, 1.165) is 11.1 Å². The van der Waals surface area contributed by atoms with Crippen LogP contribution in [0.2, 0.25) is 5.02 Å². The van der Waals surface area contributed by atoms with Crippen molar-refractivity contribution in [3.63, 3.8) is 0 Å². The Morgan fingerprint density at radius 2 is 1.83 bits per heavy atom. The van der Waals surface area contributed by atoms with E-state index in [1.807, 2.05) is 36.4 Å². The first-order valence-corrected chi connectivity index (χ1v) is 9.92. The number of ether oxygens (including phenoxy) is 2. The van der Waals surface area contributed by atoms with E-state index >= 15 is 4.39 Å². The zero-order valence-electron chi connectivity index (χ0n) is 16.6. The van der Waals surface area contributed by atoms with Crippen LogP contribution in [0, 0.1) is 5.82 Å². The van der Waals surface area contributed by atoms with Crippen LogP contribution in [0.1, 0.15) is 27.4 Å². The van der Waals surface area contributed by atoms with E-state index in [1.165, 1.54) is 19.2 Å². The largest absolute Gasteiger partial charge is 0.488 e. The van der Waals surface area contributed by atoms with Gasteiger partial charge in [-0.15, -0.1) is 0 Å². The van der Waals surface area contributed by atoms with Gasteiger partial charge in [-0.25, -0.2) is 4.39 Å². The average Bonchev–Trinajstić information content (AvgIpc) is 2.77. The second-order valence-electron chi connectivity index (χ2n) is 6.74. The second kappa shape index (κ2) is 10.3. The Bertz CT molecular complexity index is 1010. The first-order chi connectivity index (χ1) is 14.6. The first-order valence-electron chi connectivity index (χ1n) is 9.55. The molecule has 6 heteroatoms. The molecule has 3 aromatic rings. The molecule has 156 valence electrons. The summed E-state index contributed by atoms with van der Waals surface area (Å²) in [6, 6.07) is 18.1. The van der Waals surface area contributed by atoms with Crippen molar-refractivity contribution in [1.29, 1.82) is 0 Å². The highest BCUT2D eigenvalue weighted by atomic mass is 35.5. The first kappa shape index (κ1) is 22.0. The van der Waals surface area contributed by atoms with Gasteiger partial charge in [-0.3, -0.25) is 4.79 Å². The van der Waals surface area contributed by atoms with Gasteiger partial charge < -0.3 is 15.2 Å². The van der Waals surface area contributed by atoms with Gasteiger partial charge in [-0.1, -0.05) is 48.0 Å². The number of rotatable bonds is 9. The van der Waals surface area contributed by atoms with Gasteiger partial charge in [0.05, 0.1) is 6.61 Å².